The molecular formula is C13H12N4O3. The molecular weight excluding hydrogens is 260 g/mol. The molecule has 0 radical (unpaired) electrons. The van der Waals surface area contributed by atoms with Crippen molar-refractivity contribution in [3.8, 4) is 0 Å². The van der Waals surface area contributed by atoms with Crippen molar-refractivity contribution in [1.82, 2.24) is 9.97 Å². The van der Waals surface area contributed by atoms with Crippen LogP contribution in [0.25, 0.3) is 0 Å². The summed E-state index contributed by atoms with van der Waals surface area (Å²) in [4.78, 5) is 30.3. The first-order chi connectivity index (χ1) is 9.49. The van der Waals surface area contributed by atoms with Crippen LogP contribution in [-0.2, 0) is 0 Å². The highest BCUT2D eigenvalue weighted by molar-refractivity contribution is 6.03. The van der Waals surface area contributed by atoms with E-state index >= 15 is 0 Å². The van der Waals surface area contributed by atoms with Crippen molar-refractivity contribution in [3.05, 3.63) is 57.7 Å². The van der Waals surface area contributed by atoms with Gasteiger partial charge in [0, 0.05) is 12.3 Å². The molecule has 0 aliphatic heterocycles. The van der Waals surface area contributed by atoms with Crippen molar-refractivity contribution in [2.75, 3.05) is 5.32 Å². The third kappa shape index (κ3) is 2.77. The molecule has 1 amide bonds. The zero-order valence-electron chi connectivity index (χ0n) is 11.0. The van der Waals surface area contributed by atoms with Gasteiger partial charge in [-0.2, -0.15) is 0 Å². The largest absolute Gasteiger partial charge is 0.320 e. The molecule has 0 bridgehead atoms. The number of carbonyl (C=O) groups is 1. The summed E-state index contributed by atoms with van der Waals surface area (Å²) in [5.74, 6) is -0.457. The summed E-state index contributed by atoms with van der Waals surface area (Å²) >= 11 is 0. The number of anilines is 1. The summed E-state index contributed by atoms with van der Waals surface area (Å²) in [6.45, 7) is 3.34. The Bertz CT molecular complexity index is 668. The number of nitrogens with one attached hydrogen (secondary N) is 1. The lowest BCUT2D eigenvalue weighted by Crippen LogP contribution is -2.15. The molecule has 7 heteroatoms. The number of amides is 1. The average Bonchev–Trinajstić information content (AvgIpc) is 2.41. The molecule has 1 aromatic carbocycles. The molecule has 0 saturated heterocycles. The first-order valence-corrected chi connectivity index (χ1v) is 5.83. The van der Waals surface area contributed by atoms with E-state index in [9.17, 15) is 14.9 Å². The summed E-state index contributed by atoms with van der Waals surface area (Å²) in [5.41, 5.74) is 1.59. The Balaban J connectivity index is 2.26. The van der Waals surface area contributed by atoms with Crippen LogP contribution >= 0.6 is 0 Å². The van der Waals surface area contributed by atoms with E-state index in [1.165, 1.54) is 24.5 Å². The highest BCUT2D eigenvalue weighted by atomic mass is 16.6. The molecule has 2 rings (SSSR count). The number of carbonyl (C=O) groups excluding carboxylic acids is 1. The van der Waals surface area contributed by atoms with Gasteiger partial charge in [0.1, 0.15) is 5.69 Å². The average molecular weight is 272 g/mol. The summed E-state index contributed by atoms with van der Waals surface area (Å²) in [6.07, 6.45) is 2.84. The van der Waals surface area contributed by atoms with E-state index < -0.39 is 10.8 Å². The van der Waals surface area contributed by atoms with Crippen molar-refractivity contribution in [1.29, 1.82) is 0 Å². The third-order valence-electron chi connectivity index (χ3n) is 2.76. The Morgan fingerprint density at radius 2 is 2.00 bits per heavy atom. The second-order valence-corrected chi connectivity index (χ2v) is 4.20. The number of nitro benzene ring substituents is 1. The molecule has 0 spiro atoms. The van der Waals surface area contributed by atoms with Crippen molar-refractivity contribution >= 4 is 17.3 Å². The van der Waals surface area contributed by atoms with E-state index in [-0.39, 0.29) is 11.4 Å². The van der Waals surface area contributed by atoms with Gasteiger partial charge in [0.2, 0.25) is 0 Å². The van der Waals surface area contributed by atoms with Crippen molar-refractivity contribution < 1.29 is 9.72 Å². The van der Waals surface area contributed by atoms with E-state index in [4.69, 9.17) is 0 Å². The highest BCUT2D eigenvalue weighted by Gasteiger charge is 2.16. The molecule has 102 valence electrons. The minimum Gasteiger partial charge on any atom is -0.320 e. The summed E-state index contributed by atoms with van der Waals surface area (Å²) < 4.78 is 0. The smallest absolute Gasteiger partial charge is 0.275 e. The summed E-state index contributed by atoms with van der Waals surface area (Å²) in [5, 5.41) is 13.4. The van der Waals surface area contributed by atoms with Crippen molar-refractivity contribution in [2.45, 2.75) is 13.8 Å². The minimum atomic E-state index is -0.489. The van der Waals surface area contributed by atoms with Crippen molar-refractivity contribution in [3.63, 3.8) is 0 Å². The fourth-order valence-electron chi connectivity index (χ4n) is 1.65. The molecule has 1 N–H and O–H groups in total. The highest BCUT2D eigenvalue weighted by Crippen LogP contribution is 2.25. The summed E-state index contributed by atoms with van der Waals surface area (Å²) in [6, 6.07) is 4.50. The Morgan fingerprint density at radius 3 is 2.60 bits per heavy atom. The SMILES string of the molecule is Cc1cnc(C(=O)Nc2cccc([N+](=O)[O-])c2C)cn1. The zero-order valence-corrected chi connectivity index (χ0v) is 11.0. The Morgan fingerprint density at radius 1 is 1.25 bits per heavy atom. The van der Waals surface area contributed by atoms with E-state index in [1.54, 1.807) is 19.9 Å². The molecule has 0 saturated carbocycles. The van der Waals surface area contributed by atoms with Gasteiger partial charge < -0.3 is 5.32 Å². The monoisotopic (exact) mass is 272 g/mol. The van der Waals surface area contributed by atoms with Crippen LogP contribution in [0.2, 0.25) is 0 Å². The van der Waals surface area contributed by atoms with Gasteiger partial charge in [-0.3, -0.25) is 19.9 Å². The third-order valence-corrected chi connectivity index (χ3v) is 2.76. The van der Waals surface area contributed by atoms with Gasteiger partial charge in [-0.25, -0.2) is 4.98 Å². The molecule has 0 fully saturated rings. The first-order valence-electron chi connectivity index (χ1n) is 5.83. The van der Waals surface area contributed by atoms with Gasteiger partial charge in [-0.05, 0) is 19.9 Å². The van der Waals surface area contributed by atoms with Crippen LogP contribution < -0.4 is 5.32 Å². The molecule has 1 aromatic heterocycles. The molecule has 0 aliphatic carbocycles. The standard InChI is InChI=1S/C13H12N4O3/c1-8-6-15-11(7-14-8)13(18)16-10-4-3-5-12(9(10)2)17(19)20/h3-7H,1-2H3,(H,16,18). The van der Waals surface area contributed by atoms with E-state index in [1.807, 2.05) is 0 Å². The Hall–Kier alpha value is -2.83. The minimum absolute atomic E-state index is 0.0437. The number of nitro groups is 1. The van der Waals surface area contributed by atoms with Crippen LogP contribution in [0.15, 0.2) is 30.6 Å². The fraction of sp³-hybridized carbons (Fsp3) is 0.154. The zero-order chi connectivity index (χ0) is 14.7. The Labute approximate surface area is 114 Å². The predicted octanol–water partition coefficient (Wildman–Crippen LogP) is 2.25. The second-order valence-electron chi connectivity index (χ2n) is 4.20. The lowest BCUT2D eigenvalue weighted by molar-refractivity contribution is -0.385. The van der Waals surface area contributed by atoms with Gasteiger partial charge in [-0.1, -0.05) is 6.07 Å². The molecule has 0 aliphatic rings. The number of nitrogens with zero attached hydrogens (tertiary/aromatic N) is 3. The van der Waals surface area contributed by atoms with Crippen LogP contribution in [-0.4, -0.2) is 20.8 Å². The number of hydrogen-bond donors (Lipinski definition) is 1. The lowest BCUT2D eigenvalue weighted by Gasteiger charge is -2.08. The maximum atomic E-state index is 12.0. The van der Waals surface area contributed by atoms with Crippen LogP contribution in [0, 0.1) is 24.0 Å². The van der Waals surface area contributed by atoms with Crippen LogP contribution in [0.4, 0.5) is 11.4 Å². The quantitative estimate of drug-likeness (QED) is 0.682. The maximum Gasteiger partial charge on any atom is 0.275 e. The van der Waals surface area contributed by atoms with Crippen LogP contribution in [0.3, 0.4) is 0 Å². The number of aromatic nitrogens is 2. The molecule has 1 heterocycles. The van der Waals surface area contributed by atoms with Crippen molar-refractivity contribution in [2.24, 2.45) is 0 Å². The lowest BCUT2D eigenvalue weighted by atomic mass is 10.1. The van der Waals surface area contributed by atoms with Crippen LogP contribution in [0.1, 0.15) is 21.7 Å². The fourth-order valence-corrected chi connectivity index (χ4v) is 1.65. The summed E-state index contributed by atoms with van der Waals surface area (Å²) in [7, 11) is 0. The molecule has 7 nitrogen and oxygen atoms in total. The van der Waals surface area contributed by atoms with Gasteiger partial charge in [-0.15, -0.1) is 0 Å². The number of benzene rings is 1. The van der Waals surface area contributed by atoms with E-state index in [0.717, 1.165) is 0 Å². The normalized spacial score (nSPS) is 10.1. The molecule has 2 aromatic rings. The number of hydrogen-bond acceptors (Lipinski definition) is 5. The molecule has 0 atom stereocenters. The van der Waals surface area contributed by atoms with Gasteiger partial charge in [0.05, 0.1) is 28.1 Å². The number of rotatable bonds is 3. The Kier molecular flexibility index (Phi) is 3.69. The topological polar surface area (TPSA) is 98.0 Å². The van der Waals surface area contributed by atoms with E-state index in [0.29, 0.717) is 16.9 Å². The molecule has 0 unspecified atom stereocenters. The van der Waals surface area contributed by atoms with Gasteiger partial charge in [0.25, 0.3) is 11.6 Å². The number of aryl methyl sites for hydroxylation is 1. The van der Waals surface area contributed by atoms with E-state index in [2.05, 4.69) is 15.3 Å². The first kappa shape index (κ1) is 13.6. The maximum absolute atomic E-state index is 12.0. The second kappa shape index (κ2) is 5.43. The van der Waals surface area contributed by atoms with Gasteiger partial charge in [0.15, 0.2) is 0 Å². The predicted molar refractivity (Wildman–Crippen MR) is 72.6 cm³/mol. The van der Waals surface area contributed by atoms with Gasteiger partial charge >= 0.3 is 0 Å². The molecule has 20 heavy (non-hydrogen) atoms. The van der Waals surface area contributed by atoms with Crippen LogP contribution in [0.5, 0.6) is 0 Å².